The molecule has 1 aliphatic rings. The number of hydrogen-bond acceptors (Lipinski definition) is 6. The van der Waals surface area contributed by atoms with Crippen molar-refractivity contribution in [3.63, 3.8) is 0 Å². The van der Waals surface area contributed by atoms with Crippen LogP contribution in [0.4, 0.5) is 0 Å². The number of carbonyl (C=O) groups is 1. The standard InChI is InChI=1S/C17H20N2O5S2/c1-23-13-5-6-16(14(12-13)24-2)26(21,22)19-9-7-18(8-10-19)17(20)15-4-3-11-25-15/h3-6,11-12H,7-10H2,1-2H3. The highest BCUT2D eigenvalue weighted by Crippen LogP contribution is 2.31. The number of rotatable bonds is 5. The van der Waals surface area contributed by atoms with Crippen molar-refractivity contribution in [3.8, 4) is 11.5 Å². The number of carbonyl (C=O) groups excluding carboxylic acids is 1. The molecule has 1 fully saturated rings. The number of piperazine rings is 1. The smallest absolute Gasteiger partial charge is 0.264 e. The highest BCUT2D eigenvalue weighted by atomic mass is 32.2. The lowest BCUT2D eigenvalue weighted by Crippen LogP contribution is -2.50. The summed E-state index contributed by atoms with van der Waals surface area (Å²) in [6.45, 7) is 1.20. The Labute approximate surface area is 156 Å². The topological polar surface area (TPSA) is 76.2 Å². The molecule has 1 aromatic carbocycles. The molecular weight excluding hydrogens is 376 g/mol. The monoisotopic (exact) mass is 396 g/mol. The zero-order chi connectivity index (χ0) is 18.7. The van der Waals surface area contributed by atoms with Gasteiger partial charge in [0.2, 0.25) is 10.0 Å². The maximum absolute atomic E-state index is 13.0. The second kappa shape index (κ2) is 7.65. The first-order valence-electron chi connectivity index (χ1n) is 8.02. The van der Waals surface area contributed by atoms with E-state index in [1.165, 1.54) is 35.9 Å². The summed E-state index contributed by atoms with van der Waals surface area (Å²) in [6, 6.07) is 8.22. The van der Waals surface area contributed by atoms with Crippen molar-refractivity contribution in [1.82, 2.24) is 9.21 Å². The molecule has 2 aromatic rings. The largest absolute Gasteiger partial charge is 0.497 e. The molecule has 1 aliphatic heterocycles. The number of nitrogens with zero attached hydrogens (tertiary/aromatic N) is 2. The Morgan fingerprint density at radius 2 is 1.81 bits per heavy atom. The third-order valence-electron chi connectivity index (χ3n) is 4.25. The van der Waals surface area contributed by atoms with Crippen molar-refractivity contribution in [2.75, 3.05) is 40.4 Å². The van der Waals surface area contributed by atoms with E-state index in [1.807, 2.05) is 11.4 Å². The van der Waals surface area contributed by atoms with E-state index in [4.69, 9.17) is 9.47 Å². The predicted molar refractivity (Wildman–Crippen MR) is 98.5 cm³/mol. The van der Waals surface area contributed by atoms with Crippen molar-refractivity contribution in [2.45, 2.75) is 4.90 Å². The fourth-order valence-electron chi connectivity index (χ4n) is 2.81. The lowest BCUT2D eigenvalue weighted by Gasteiger charge is -2.34. The van der Waals surface area contributed by atoms with E-state index >= 15 is 0 Å². The van der Waals surface area contributed by atoms with Gasteiger partial charge < -0.3 is 14.4 Å². The molecular formula is C17H20N2O5S2. The lowest BCUT2D eigenvalue weighted by atomic mass is 10.3. The molecule has 140 valence electrons. The van der Waals surface area contributed by atoms with Crippen molar-refractivity contribution >= 4 is 27.3 Å². The maximum atomic E-state index is 13.0. The first-order chi connectivity index (χ1) is 12.5. The molecule has 0 bridgehead atoms. The van der Waals surface area contributed by atoms with Gasteiger partial charge in [-0.15, -0.1) is 11.3 Å². The second-order valence-corrected chi connectivity index (χ2v) is 8.54. The van der Waals surface area contributed by atoms with Crippen LogP contribution < -0.4 is 9.47 Å². The Balaban J connectivity index is 1.75. The van der Waals surface area contributed by atoms with Gasteiger partial charge >= 0.3 is 0 Å². The molecule has 0 N–H and O–H groups in total. The van der Waals surface area contributed by atoms with Crippen LogP contribution in [-0.4, -0.2) is 63.9 Å². The molecule has 0 unspecified atom stereocenters. The summed E-state index contributed by atoms with van der Waals surface area (Å²) in [6.07, 6.45) is 0. The fraction of sp³-hybridized carbons (Fsp3) is 0.353. The minimum absolute atomic E-state index is 0.0564. The van der Waals surface area contributed by atoms with Crippen LogP contribution in [0.2, 0.25) is 0 Å². The van der Waals surface area contributed by atoms with Gasteiger partial charge in [0.1, 0.15) is 16.4 Å². The molecule has 1 aromatic heterocycles. The normalized spacial score (nSPS) is 15.7. The minimum atomic E-state index is -3.72. The number of benzene rings is 1. The van der Waals surface area contributed by atoms with Crippen LogP contribution in [0.5, 0.6) is 11.5 Å². The van der Waals surface area contributed by atoms with Crippen LogP contribution in [0.15, 0.2) is 40.6 Å². The van der Waals surface area contributed by atoms with Gasteiger partial charge in [0.25, 0.3) is 5.91 Å². The van der Waals surface area contributed by atoms with Gasteiger partial charge in [0.05, 0.1) is 19.1 Å². The van der Waals surface area contributed by atoms with Gasteiger partial charge in [-0.1, -0.05) is 6.07 Å². The lowest BCUT2D eigenvalue weighted by molar-refractivity contribution is 0.0702. The maximum Gasteiger partial charge on any atom is 0.264 e. The molecule has 0 spiro atoms. The number of hydrogen-bond donors (Lipinski definition) is 0. The van der Waals surface area contributed by atoms with Crippen molar-refractivity contribution in [1.29, 1.82) is 0 Å². The highest BCUT2D eigenvalue weighted by molar-refractivity contribution is 7.89. The van der Waals surface area contributed by atoms with Crippen molar-refractivity contribution < 1.29 is 22.7 Å². The number of thiophene rings is 1. The Bertz CT molecular complexity index is 873. The Hall–Kier alpha value is -2.10. The molecule has 7 nitrogen and oxygen atoms in total. The average Bonchev–Trinajstić information content (AvgIpc) is 3.21. The summed E-state index contributed by atoms with van der Waals surface area (Å²) in [5.41, 5.74) is 0. The van der Waals surface area contributed by atoms with Crippen molar-refractivity contribution in [2.24, 2.45) is 0 Å². The average molecular weight is 396 g/mol. The summed E-state index contributed by atoms with van der Waals surface area (Å²) >= 11 is 1.38. The molecule has 3 rings (SSSR count). The van der Waals surface area contributed by atoms with E-state index in [9.17, 15) is 13.2 Å². The number of ether oxygens (including phenoxy) is 2. The Kier molecular flexibility index (Phi) is 5.49. The SMILES string of the molecule is COc1ccc(S(=O)(=O)N2CCN(C(=O)c3cccs3)CC2)c(OC)c1. The molecule has 0 atom stereocenters. The molecule has 0 radical (unpaired) electrons. The van der Waals surface area contributed by atoms with E-state index in [2.05, 4.69) is 0 Å². The Morgan fingerprint density at radius 1 is 1.08 bits per heavy atom. The van der Waals surface area contributed by atoms with Crippen LogP contribution in [0.1, 0.15) is 9.67 Å². The summed E-state index contributed by atoms with van der Waals surface area (Å²) < 4.78 is 37.7. The highest BCUT2D eigenvalue weighted by Gasteiger charge is 2.32. The molecule has 1 saturated heterocycles. The molecule has 2 heterocycles. The molecule has 1 amide bonds. The van der Waals surface area contributed by atoms with Crippen LogP contribution in [0.3, 0.4) is 0 Å². The predicted octanol–water partition coefficient (Wildman–Crippen LogP) is 1.91. The van der Waals surface area contributed by atoms with Crippen LogP contribution in [0.25, 0.3) is 0 Å². The van der Waals surface area contributed by atoms with Gasteiger partial charge in [-0.2, -0.15) is 4.31 Å². The Morgan fingerprint density at radius 3 is 2.38 bits per heavy atom. The quantitative estimate of drug-likeness (QED) is 0.772. The summed E-state index contributed by atoms with van der Waals surface area (Å²) in [5, 5.41) is 1.85. The third-order valence-corrected chi connectivity index (χ3v) is 7.04. The first kappa shape index (κ1) is 18.7. The van der Waals surface area contributed by atoms with Gasteiger partial charge in [-0.3, -0.25) is 4.79 Å². The molecule has 0 saturated carbocycles. The summed E-state index contributed by atoms with van der Waals surface area (Å²) in [7, 11) is -0.787. The van der Waals surface area contributed by atoms with Gasteiger partial charge in [-0.05, 0) is 23.6 Å². The van der Waals surface area contributed by atoms with Crippen LogP contribution in [0, 0.1) is 0 Å². The molecule has 9 heteroatoms. The van der Waals surface area contributed by atoms with E-state index in [1.54, 1.807) is 23.1 Å². The van der Waals surface area contributed by atoms with E-state index < -0.39 is 10.0 Å². The first-order valence-corrected chi connectivity index (χ1v) is 10.3. The van der Waals surface area contributed by atoms with Crippen LogP contribution >= 0.6 is 11.3 Å². The van der Waals surface area contributed by atoms with E-state index in [-0.39, 0.29) is 29.6 Å². The van der Waals surface area contributed by atoms with E-state index in [0.717, 1.165) is 0 Å². The third kappa shape index (κ3) is 3.55. The summed E-state index contributed by atoms with van der Waals surface area (Å²) in [5.74, 6) is 0.702. The zero-order valence-corrected chi connectivity index (χ0v) is 16.2. The van der Waals surface area contributed by atoms with Crippen LogP contribution in [-0.2, 0) is 10.0 Å². The van der Waals surface area contributed by atoms with Gasteiger partial charge in [-0.25, -0.2) is 8.42 Å². The van der Waals surface area contributed by atoms with E-state index in [0.29, 0.717) is 23.7 Å². The van der Waals surface area contributed by atoms with Gasteiger partial charge in [0, 0.05) is 32.2 Å². The zero-order valence-electron chi connectivity index (χ0n) is 14.5. The molecule has 0 aliphatic carbocycles. The summed E-state index contributed by atoms with van der Waals surface area (Å²) in [4.78, 5) is 14.8. The fourth-order valence-corrected chi connectivity index (χ4v) is 5.06. The minimum Gasteiger partial charge on any atom is -0.497 e. The second-order valence-electron chi connectivity index (χ2n) is 5.69. The molecule has 26 heavy (non-hydrogen) atoms. The number of amides is 1. The van der Waals surface area contributed by atoms with Crippen molar-refractivity contribution in [3.05, 3.63) is 40.6 Å². The number of methoxy groups -OCH3 is 2. The number of sulfonamides is 1. The van der Waals surface area contributed by atoms with Gasteiger partial charge in [0.15, 0.2) is 0 Å².